The van der Waals surface area contributed by atoms with Gasteiger partial charge in [-0.1, -0.05) is 6.08 Å². The van der Waals surface area contributed by atoms with Gasteiger partial charge in [-0.15, -0.1) is 0 Å². The van der Waals surface area contributed by atoms with Crippen molar-refractivity contribution in [1.29, 1.82) is 0 Å². The molecule has 11 nitrogen and oxygen atoms in total. The van der Waals surface area contributed by atoms with Crippen molar-refractivity contribution in [3.63, 3.8) is 0 Å². The van der Waals surface area contributed by atoms with Gasteiger partial charge in [-0.3, -0.25) is 9.08 Å². The Bertz CT molecular complexity index is 1540. The SMILES string of the molecule is C/C(=C\C(C)=C(/C)S(=O)(=O)N1CCOCC1)Nc1nc(C2=CCCNC2)cn2c(-c3cnn(C)c3)cnc12. The Labute approximate surface area is 223 Å². The number of hydrogen-bond acceptors (Lipinski definition) is 8. The van der Waals surface area contributed by atoms with E-state index in [1.165, 1.54) is 4.31 Å². The normalized spacial score (nSPS) is 18.4. The Morgan fingerprint density at radius 1 is 1.16 bits per heavy atom. The fourth-order valence-corrected chi connectivity index (χ4v) is 6.15. The van der Waals surface area contributed by atoms with E-state index in [2.05, 4.69) is 26.8 Å². The number of ether oxygens (including phenoxy) is 1. The Morgan fingerprint density at radius 3 is 2.63 bits per heavy atom. The molecule has 2 N–H and O–H groups in total. The lowest BCUT2D eigenvalue weighted by Crippen LogP contribution is -2.41. The van der Waals surface area contributed by atoms with Crippen LogP contribution >= 0.6 is 0 Å². The first kappa shape index (κ1) is 26.3. The highest BCUT2D eigenvalue weighted by atomic mass is 32.2. The highest BCUT2D eigenvalue weighted by Crippen LogP contribution is 2.28. The van der Waals surface area contributed by atoms with Crippen molar-refractivity contribution in [2.45, 2.75) is 27.2 Å². The summed E-state index contributed by atoms with van der Waals surface area (Å²) in [5, 5.41) is 11.1. The smallest absolute Gasteiger partial charge is 0.239 e. The average Bonchev–Trinajstić information content (AvgIpc) is 3.55. The van der Waals surface area contributed by atoms with Crippen molar-refractivity contribution >= 4 is 27.1 Å². The van der Waals surface area contributed by atoms with Crippen LogP contribution in [-0.4, -0.2) is 76.3 Å². The van der Waals surface area contributed by atoms with E-state index in [-0.39, 0.29) is 0 Å². The van der Waals surface area contributed by atoms with Gasteiger partial charge in [0.15, 0.2) is 11.5 Å². The van der Waals surface area contributed by atoms with Gasteiger partial charge in [-0.05, 0) is 51.0 Å². The quantitative estimate of drug-likeness (QED) is 0.441. The standard InChI is InChI=1S/C26H34N8O3S/c1-18(20(3)38(35,36)33-8-10-37-11-9-33)12-19(2)30-25-26-28-15-24(22-14-29-32(4)16-22)34(26)17-23(31-25)21-6-5-7-27-13-21/h6,12,14-17,27H,5,7-11,13H2,1-4H3,(H,30,31)/b19-12+,20-18+. The number of rotatable bonds is 7. The largest absolute Gasteiger partial charge is 0.379 e. The molecule has 1 fully saturated rings. The topological polar surface area (TPSA) is 119 Å². The molecule has 5 heterocycles. The van der Waals surface area contributed by atoms with E-state index in [0.717, 1.165) is 47.7 Å². The van der Waals surface area contributed by atoms with E-state index in [1.807, 2.05) is 56.2 Å². The minimum atomic E-state index is -3.55. The van der Waals surface area contributed by atoms with Crippen LogP contribution in [0.5, 0.6) is 0 Å². The average molecular weight is 539 g/mol. The van der Waals surface area contributed by atoms with E-state index in [9.17, 15) is 8.42 Å². The van der Waals surface area contributed by atoms with Crippen molar-refractivity contribution in [3.8, 4) is 11.3 Å². The van der Waals surface area contributed by atoms with Gasteiger partial charge in [-0.2, -0.15) is 9.40 Å². The number of anilines is 1. The molecule has 0 unspecified atom stereocenters. The molecule has 3 aromatic heterocycles. The maximum absolute atomic E-state index is 13.1. The molecule has 5 rings (SSSR count). The second-order valence-corrected chi connectivity index (χ2v) is 11.7. The number of imidazole rings is 1. The van der Waals surface area contributed by atoms with Crippen molar-refractivity contribution in [1.82, 2.24) is 33.8 Å². The molecule has 0 radical (unpaired) electrons. The lowest BCUT2D eigenvalue weighted by Gasteiger charge is -2.26. The molecule has 0 aromatic carbocycles. The maximum atomic E-state index is 13.1. The van der Waals surface area contributed by atoms with E-state index in [0.29, 0.717) is 48.2 Å². The zero-order valence-electron chi connectivity index (χ0n) is 22.2. The van der Waals surface area contributed by atoms with Crippen molar-refractivity contribution in [2.24, 2.45) is 7.05 Å². The van der Waals surface area contributed by atoms with Crippen molar-refractivity contribution < 1.29 is 13.2 Å². The molecule has 0 saturated carbocycles. The Hall–Kier alpha value is -3.32. The van der Waals surface area contributed by atoms with Crippen LogP contribution in [0, 0.1) is 0 Å². The summed E-state index contributed by atoms with van der Waals surface area (Å²) in [7, 11) is -1.67. The third kappa shape index (κ3) is 5.30. The van der Waals surface area contributed by atoms with Gasteiger partial charge in [0.25, 0.3) is 0 Å². The molecule has 2 aliphatic rings. The number of aryl methyl sites for hydroxylation is 1. The first-order valence-electron chi connectivity index (χ1n) is 12.7. The zero-order chi connectivity index (χ0) is 26.9. The third-order valence-corrected chi connectivity index (χ3v) is 8.99. The summed E-state index contributed by atoms with van der Waals surface area (Å²) in [6, 6.07) is 0. The number of hydrogen-bond donors (Lipinski definition) is 2. The van der Waals surface area contributed by atoms with Crippen LogP contribution < -0.4 is 10.6 Å². The molecule has 0 bridgehead atoms. The molecule has 0 spiro atoms. The lowest BCUT2D eigenvalue weighted by atomic mass is 10.1. The molecule has 38 heavy (non-hydrogen) atoms. The highest BCUT2D eigenvalue weighted by molar-refractivity contribution is 7.93. The predicted molar refractivity (Wildman–Crippen MR) is 148 cm³/mol. The molecular formula is C26H34N8O3S. The van der Waals surface area contributed by atoms with E-state index >= 15 is 0 Å². The summed E-state index contributed by atoms with van der Waals surface area (Å²) >= 11 is 0. The minimum absolute atomic E-state index is 0.325. The first-order valence-corrected chi connectivity index (χ1v) is 14.2. The Morgan fingerprint density at radius 2 is 1.95 bits per heavy atom. The van der Waals surface area contributed by atoms with Crippen LogP contribution in [0.2, 0.25) is 0 Å². The number of allylic oxidation sites excluding steroid dienone is 4. The number of nitrogens with zero attached hydrogens (tertiary/aromatic N) is 6. The molecular weight excluding hydrogens is 504 g/mol. The molecule has 0 atom stereocenters. The molecule has 2 aliphatic heterocycles. The van der Waals surface area contributed by atoms with E-state index in [4.69, 9.17) is 9.72 Å². The van der Waals surface area contributed by atoms with Crippen molar-refractivity contribution in [2.75, 3.05) is 44.7 Å². The van der Waals surface area contributed by atoms with Crippen LogP contribution in [0.4, 0.5) is 5.82 Å². The molecule has 0 aliphatic carbocycles. The number of sulfonamides is 1. The summed E-state index contributed by atoms with van der Waals surface area (Å²) < 4.78 is 36.8. The van der Waals surface area contributed by atoms with E-state index in [1.54, 1.807) is 11.6 Å². The molecule has 3 aromatic rings. The maximum Gasteiger partial charge on any atom is 0.239 e. The fourth-order valence-electron chi connectivity index (χ4n) is 4.67. The molecule has 202 valence electrons. The zero-order valence-corrected chi connectivity index (χ0v) is 23.0. The lowest BCUT2D eigenvalue weighted by molar-refractivity contribution is 0.0734. The monoisotopic (exact) mass is 538 g/mol. The summed E-state index contributed by atoms with van der Waals surface area (Å²) in [4.78, 5) is 9.93. The van der Waals surface area contributed by atoms with E-state index < -0.39 is 10.0 Å². The van der Waals surface area contributed by atoms with Crippen LogP contribution in [0.1, 0.15) is 32.9 Å². The number of morpholine rings is 1. The number of nitrogens with one attached hydrogen (secondary N) is 2. The first-order chi connectivity index (χ1) is 18.2. The highest BCUT2D eigenvalue weighted by Gasteiger charge is 2.27. The summed E-state index contributed by atoms with van der Waals surface area (Å²) in [5.41, 5.74) is 5.92. The van der Waals surface area contributed by atoms with Crippen LogP contribution in [0.15, 0.2) is 53.1 Å². The Kier molecular flexibility index (Phi) is 7.48. The van der Waals surface area contributed by atoms with Gasteiger partial charge in [-0.25, -0.2) is 18.4 Å². The third-order valence-electron chi connectivity index (χ3n) is 6.85. The van der Waals surface area contributed by atoms with Crippen LogP contribution in [-0.2, 0) is 21.8 Å². The van der Waals surface area contributed by atoms with Gasteiger partial charge in [0, 0.05) is 50.3 Å². The Balaban J connectivity index is 1.52. The van der Waals surface area contributed by atoms with Gasteiger partial charge >= 0.3 is 0 Å². The minimum Gasteiger partial charge on any atom is -0.379 e. The van der Waals surface area contributed by atoms with Crippen molar-refractivity contribution in [3.05, 3.63) is 58.8 Å². The number of aromatic nitrogens is 5. The van der Waals surface area contributed by atoms with Gasteiger partial charge in [0.2, 0.25) is 10.0 Å². The molecule has 12 heteroatoms. The van der Waals surface area contributed by atoms with Crippen LogP contribution in [0.25, 0.3) is 22.5 Å². The molecule has 0 amide bonds. The van der Waals surface area contributed by atoms with Crippen LogP contribution in [0.3, 0.4) is 0 Å². The second-order valence-electron chi connectivity index (χ2n) is 9.62. The van der Waals surface area contributed by atoms with Gasteiger partial charge < -0.3 is 15.4 Å². The van der Waals surface area contributed by atoms with Gasteiger partial charge in [0.05, 0.1) is 41.9 Å². The second kappa shape index (κ2) is 10.8. The number of fused-ring (bicyclic) bond motifs is 1. The van der Waals surface area contributed by atoms with Gasteiger partial charge in [0.1, 0.15) is 0 Å². The fraction of sp³-hybridized carbons (Fsp3) is 0.423. The predicted octanol–water partition coefficient (Wildman–Crippen LogP) is 2.78. The summed E-state index contributed by atoms with van der Waals surface area (Å²) in [6.07, 6.45) is 12.6. The summed E-state index contributed by atoms with van der Waals surface area (Å²) in [5.74, 6) is 0.597. The summed E-state index contributed by atoms with van der Waals surface area (Å²) in [6.45, 7) is 8.61. The molecule has 1 saturated heterocycles.